The molecule has 0 fully saturated rings. The molecule has 0 saturated heterocycles. The van der Waals surface area contributed by atoms with Crippen molar-refractivity contribution in [3.05, 3.63) is 38.3 Å². The molecule has 0 atom stereocenters. The molecule has 1 rings (SSSR count). The number of carbonyl (C=O) groups is 1. The first-order valence-corrected chi connectivity index (χ1v) is 8.09. The highest BCUT2D eigenvalue weighted by molar-refractivity contribution is 9.10. The van der Waals surface area contributed by atoms with Crippen LogP contribution in [0.2, 0.25) is 0 Å². The summed E-state index contributed by atoms with van der Waals surface area (Å²) in [6, 6.07) is 4.85. The van der Waals surface area contributed by atoms with Crippen molar-refractivity contribution in [2.75, 3.05) is 13.1 Å². The molecule has 0 aliphatic rings. The number of amides is 1. The summed E-state index contributed by atoms with van der Waals surface area (Å²) in [5, 5.41) is 16.7. The first kappa shape index (κ1) is 19.4. The van der Waals surface area contributed by atoms with E-state index in [-0.39, 0.29) is 5.69 Å². The molecule has 0 unspecified atom stereocenters. The highest BCUT2D eigenvalue weighted by Crippen LogP contribution is 2.22. The van der Waals surface area contributed by atoms with Crippen LogP contribution in [0.15, 0.2) is 22.7 Å². The first-order valence-electron chi connectivity index (χ1n) is 7.29. The Morgan fingerprint density at radius 1 is 1.35 bits per heavy atom. The quantitative estimate of drug-likeness (QED) is 0.424. The predicted molar refractivity (Wildman–Crippen MR) is 91.4 cm³/mol. The van der Waals surface area contributed by atoms with Gasteiger partial charge in [-0.25, -0.2) is 4.79 Å². The van der Waals surface area contributed by atoms with Gasteiger partial charge in [-0.2, -0.15) is 0 Å². The summed E-state index contributed by atoms with van der Waals surface area (Å²) in [4.78, 5) is 22.0. The first-order chi connectivity index (χ1) is 10.7. The van der Waals surface area contributed by atoms with Crippen LogP contribution in [0.5, 0.6) is 0 Å². The number of halogens is 1. The molecule has 128 valence electrons. The van der Waals surface area contributed by atoms with Gasteiger partial charge in [0.1, 0.15) is 5.60 Å². The smallest absolute Gasteiger partial charge is 0.407 e. The van der Waals surface area contributed by atoms with Crippen molar-refractivity contribution in [1.82, 2.24) is 10.6 Å². The number of hydrogen-bond donors (Lipinski definition) is 2. The number of rotatable bonds is 7. The van der Waals surface area contributed by atoms with Crippen LogP contribution in [0.1, 0.15) is 32.8 Å². The molecule has 0 bridgehead atoms. The van der Waals surface area contributed by atoms with Crippen LogP contribution in [0.25, 0.3) is 0 Å². The second-order valence-corrected chi connectivity index (χ2v) is 6.90. The van der Waals surface area contributed by atoms with Gasteiger partial charge in [0, 0.05) is 29.2 Å². The minimum Gasteiger partial charge on any atom is -0.444 e. The number of ether oxygens (including phenoxy) is 1. The van der Waals surface area contributed by atoms with Gasteiger partial charge in [-0.15, -0.1) is 0 Å². The monoisotopic (exact) mass is 387 g/mol. The highest BCUT2D eigenvalue weighted by atomic mass is 79.9. The molecule has 0 radical (unpaired) electrons. The molecule has 8 heteroatoms. The zero-order chi connectivity index (χ0) is 17.5. The van der Waals surface area contributed by atoms with Crippen molar-refractivity contribution >= 4 is 27.7 Å². The summed E-state index contributed by atoms with van der Waals surface area (Å²) >= 11 is 3.31. The van der Waals surface area contributed by atoms with E-state index >= 15 is 0 Å². The van der Waals surface area contributed by atoms with Crippen LogP contribution in [0.4, 0.5) is 10.5 Å². The van der Waals surface area contributed by atoms with E-state index < -0.39 is 16.6 Å². The lowest BCUT2D eigenvalue weighted by molar-refractivity contribution is -0.385. The van der Waals surface area contributed by atoms with Crippen LogP contribution in [-0.2, 0) is 11.3 Å². The molecule has 0 aliphatic heterocycles. The Hall–Kier alpha value is -1.67. The molecule has 1 aromatic carbocycles. The molecule has 0 spiro atoms. The Labute approximate surface area is 144 Å². The lowest BCUT2D eigenvalue weighted by Crippen LogP contribution is -2.33. The van der Waals surface area contributed by atoms with E-state index in [1.807, 2.05) is 0 Å². The van der Waals surface area contributed by atoms with Gasteiger partial charge in [0.05, 0.1) is 4.92 Å². The Kier molecular flexibility index (Phi) is 7.44. The SMILES string of the molecule is CC(C)(C)OC(=O)NCCCNCc1cc(Br)ccc1[N+](=O)[O-]. The summed E-state index contributed by atoms with van der Waals surface area (Å²) < 4.78 is 5.92. The van der Waals surface area contributed by atoms with Crippen LogP contribution in [0, 0.1) is 10.1 Å². The molecule has 0 aromatic heterocycles. The highest BCUT2D eigenvalue weighted by Gasteiger charge is 2.15. The van der Waals surface area contributed by atoms with E-state index in [9.17, 15) is 14.9 Å². The van der Waals surface area contributed by atoms with E-state index in [4.69, 9.17) is 4.74 Å². The number of nitrogens with one attached hydrogen (secondary N) is 2. The summed E-state index contributed by atoms with van der Waals surface area (Å²) in [6.07, 6.45) is 0.251. The summed E-state index contributed by atoms with van der Waals surface area (Å²) in [5.74, 6) is 0. The number of carbonyl (C=O) groups excluding carboxylic acids is 1. The van der Waals surface area contributed by atoms with Crippen molar-refractivity contribution in [2.45, 2.75) is 39.3 Å². The van der Waals surface area contributed by atoms with Crippen molar-refractivity contribution in [1.29, 1.82) is 0 Å². The lowest BCUT2D eigenvalue weighted by Gasteiger charge is -2.19. The molecular weight excluding hydrogens is 366 g/mol. The lowest BCUT2D eigenvalue weighted by atomic mass is 10.2. The third-order valence-electron chi connectivity index (χ3n) is 2.75. The number of hydrogen-bond acceptors (Lipinski definition) is 5. The molecule has 1 aromatic rings. The third-order valence-corrected chi connectivity index (χ3v) is 3.25. The van der Waals surface area contributed by atoms with Gasteiger partial charge in [0.15, 0.2) is 0 Å². The number of nitro groups is 1. The largest absolute Gasteiger partial charge is 0.444 e. The van der Waals surface area contributed by atoms with Crippen LogP contribution < -0.4 is 10.6 Å². The fraction of sp³-hybridized carbons (Fsp3) is 0.533. The Balaban J connectivity index is 2.29. The van der Waals surface area contributed by atoms with Gasteiger partial charge in [-0.3, -0.25) is 10.1 Å². The molecule has 0 saturated carbocycles. The molecular formula is C15H22BrN3O4. The summed E-state index contributed by atoms with van der Waals surface area (Å²) in [5.41, 5.74) is 0.194. The Bertz CT molecular complexity index is 558. The average Bonchev–Trinajstić information content (AvgIpc) is 2.40. The maximum atomic E-state index is 11.4. The van der Waals surface area contributed by atoms with Gasteiger partial charge < -0.3 is 15.4 Å². The van der Waals surface area contributed by atoms with E-state index in [1.165, 1.54) is 6.07 Å². The van der Waals surface area contributed by atoms with Gasteiger partial charge in [0.25, 0.3) is 5.69 Å². The molecule has 0 heterocycles. The maximum Gasteiger partial charge on any atom is 0.407 e. The van der Waals surface area contributed by atoms with Crippen LogP contribution >= 0.6 is 15.9 Å². The van der Waals surface area contributed by atoms with E-state index in [2.05, 4.69) is 26.6 Å². The topological polar surface area (TPSA) is 93.5 Å². The second-order valence-electron chi connectivity index (χ2n) is 5.99. The average molecular weight is 388 g/mol. The molecule has 0 aliphatic carbocycles. The van der Waals surface area contributed by atoms with Crippen LogP contribution in [0.3, 0.4) is 0 Å². The fourth-order valence-electron chi connectivity index (χ4n) is 1.81. The zero-order valence-corrected chi connectivity index (χ0v) is 15.1. The van der Waals surface area contributed by atoms with E-state index in [0.717, 1.165) is 4.47 Å². The Morgan fingerprint density at radius 2 is 2.04 bits per heavy atom. The molecule has 1 amide bonds. The second kappa shape index (κ2) is 8.83. The van der Waals surface area contributed by atoms with Crippen molar-refractivity contribution < 1.29 is 14.5 Å². The van der Waals surface area contributed by atoms with Crippen LogP contribution in [-0.4, -0.2) is 29.7 Å². The summed E-state index contributed by atoms with van der Waals surface area (Å²) in [7, 11) is 0. The van der Waals surface area contributed by atoms with E-state index in [0.29, 0.717) is 31.6 Å². The Morgan fingerprint density at radius 3 is 2.65 bits per heavy atom. The zero-order valence-electron chi connectivity index (χ0n) is 13.5. The van der Waals surface area contributed by atoms with Crippen molar-refractivity contribution in [3.8, 4) is 0 Å². The van der Waals surface area contributed by atoms with Crippen molar-refractivity contribution in [2.24, 2.45) is 0 Å². The third kappa shape index (κ3) is 7.94. The van der Waals surface area contributed by atoms with Crippen molar-refractivity contribution in [3.63, 3.8) is 0 Å². The molecule has 23 heavy (non-hydrogen) atoms. The number of alkyl carbamates (subject to hydrolysis) is 1. The summed E-state index contributed by atoms with van der Waals surface area (Å²) in [6.45, 7) is 6.90. The standard InChI is InChI=1S/C15H22BrN3O4/c1-15(2,3)23-14(20)18-8-4-7-17-10-11-9-12(16)5-6-13(11)19(21)22/h5-6,9,17H,4,7-8,10H2,1-3H3,(H,18,20). The number of nitro benzene ring substituents is 1. The van der Waals surface area contributed by atoms with Gasteiger partial charge in [-0.05, 0) is 45.9 Å². The minimum atomic E-state index is -0.512. The van der Waals surface area contributed by atoms with E-state index in [1.54, 1.807) is 32.9 Å². The van der Waals surface area contributed by atoms with Gasteiger partial charge in [-0.1, -0.05) is 15.9 Å². The maximum absolute atomic E-state index is 11.4. The predicted octanol–water partition coefficient (Wildman–Crippen LogP) is 3.36. The molecule has 7 nitrogen and oxygen atoms in total. The molecule has 2 N–H and O–H groups in total. The van der Waals surface area contributed by atoms with Gasteiger partial charge >= 0.3 is 6.09 Å². The normalized spacial score (nSPS) is 11.1. The van der Waals surface area contributed by atoms with Gasteiger partial charge in [0.2, 0.25) is 0 Å². The fourth-order valence-corrected chi connectivity index (χ4v) is 2.22. The minimum absolute atomic E-state index is 0.0904. The number of benzene rings is 1. The number of nitrogens with zero attached hydrogens (tertiary/aromatic N) is 1.